The van der Waals surface area contributed by atoms with Gasteiger partial charge in [0.1, 0.15) is 0 Å². The van der Waals surface area contributed by atoms with E-state index in [1.54, 1.807) is 12.1 Å². The Morgan fingerprint density at radius 1 is 1.20 bits per heavy atom. The predicted octanol–water partition coefficient (Wildman–Crippen LogP) is 2.72. The molecule has 0 bridgehead atoms. The monoisotopic (exact) mass is 278 g/mol. The minimum Gasteiger partial charge on any atom is -0.481 e. The summed E-state index contributed by atoms with van der Waals surface area (Å²) < 4.78 is 0. The van der Waals surface area contributed by atoms with Gasteiger partial charge in [0.25, 0.3) is 0 Å². The van der Waals surface area contributed by atoms with Crippen LogP contribution in [0.5, 0.6) is 0 Å². The summed E-state index contributed by atoms with van der Waals surface area (Å²) in [5.41, 5.74) is 0.696. The van der Waals surface area contributed by atoms with Crippen LogP contribution in [0.25, 0.3) is 0 Å². The number of aliphatic carboxylic acids is 1. The number of anilines is 1. The summed E-state index contributed by atoms with van der Waals surface area (Å²) in [4.78, 5) is 24.5. The molecule has 5 heteroatoms. The van der Waals surface area contributed by atoms with Crippen LogP contribution in [0.15, 0.2) is 30.3 Å². The third-order valence-corrected chi connectivity index (χ3v) is 3.21. The van der Waals surface area contributed by atoms with E-state index in [2.05, 4.69) is 5.32 Å². The normalized spacial score (nSPS) is 12.0. The molecule has 5 nitrogen and oxygen atoms in total. The first-order valence-corrected chi connectivity index (χ1v) is 6.76. The number of urea groups is 1. The topological polar surface area (TPSA) is 69.6 Å². The molecular formula is C15H22N2O3. The number of rotatable bonds is 6. The molecule has 0 saturated heterocycles. The number of carbonyl (C=O) groups is 2. The number of carbonyl (C=O) groups excluding carboxylic acids is 1. The molecule has 0 saturated carbocycles. The van der Waals surface area contributed by atoms with Gasteiger partial charge in [-0.3, -0.25) is 9.69 Å². The number of nitrogens with one attached hydrogen (secondary N) is 1. The first-order valence-electron chi connectivity index (χ1n) is 6.76. The Hall–Kier alpha value is -2.04. The van der Waals surface area contributed by atoms with Gasteiger partial charge in [-0.2, -0.15) is 0 Å². The van der Waals surface area contributed by atoms with Crippen LogP contribution >= 0.6 is 0 Å². The number of para-hydroxylation sites is 1. The van der Waals surface area contributed by atoms with Gasteiger partial charge in [0.2, 0.25) is 0 Å². The number of hydrogen-bond acceptors (Lipinski definition) is 2. The van der Waals surface area contributed by atoms with Gasteiger partial charge in [0.05, 0.1) is 6.42 Å². The van der Waals surface area contributed by atoms with E-state index in [1.807, 2.05) is 39.0 Å². The smallest absolute Gasteiger partial charge is 0.322 e. The van der Waals surface area contributed by atoms with Crippen molar-refractivity contribution in [3.8, 4) is 0 Å². The zero-order valence-corrected chi connectivity index (χ0v) is 12.2. The third-order valence-electron chi connectivity index (χ3n) is 3.21. The summed E-state index contributed by atoms with van der Waals surface area (Å²) in [7, 11) is 0. The van der Waals surface area contributed by atoms with E-state index < -0.39 is 5.97 Å². The van der Waals surface area contributed by atoms with Crippen molar-refractivity contribution in [2.24, 2.45) is 5.92 Å². The molecule has 2 N–H and O–H groups in total. The average molecular weight is 278 g/mol. The van der Waals surface area contributed by atoms with Gasteiger partial charge in [-0.15, -0.1) is 0 Å². The number of carboxylic acids is 1. The van der Waals surface area contributed by atoms with Crippen molar-refractivity contribution < 1.29 is 14.7 Å². The highest BCUT2D eigenvalue weighted by Crippen LogP contribution is 2.14. The van der Waals surface area contributed by atoms with Gasteiger partial charge in [-0.1, -0.05) is 32.0 Å². The SMILES string of the molecule is CC(C)C(C)NC(=O)N(CCC(=O)O)c1ccccc1. The van der Waals surface area contributed by atoms with Gasteiger partial charge in [0, 0.05) is 18.3 Å². The Bertz CT molecular complexity index is 446. The lowest BCUT2D eigenvalue weighted by molar-refractivity contribution is -0.136. The van der Waals surface area contributed by atoms with Crippen molar-refractivity contribution in [2.75, 3.05) is 11.4 Å². The van der Waals surface area contributed by atoms with E-state index in [9.17, 15) is 9.59 Å². The molecule has 0 aliphatic carbocycles. The summed E-state index contributed by atoms with van der Waals surface area (Å²) in [5, 5.41) is 11.7. The third kappa shape index (κ3) is 4.91. The van der Waals surface area contributed by atoms with Gasteiger partial charge >= 0.3 is 12.0 Å². The highest BCUT2D eigenvalue weighted by Gasteiger charge is 2.19. The van der Waals surface area contributed by atoms with Crippen LogP contribution in [-0.4, -0.2) is 29.7 Å². The minimum atomic E-state index is -0.921. The Kier molecular flexibility index (Phi) is 6.03. The van der Waals surface area contributed by atoms with Crippen LogP contribution < -0.4 is 10.2 Å². The van der Waals surface area contributed by atoms with E-state index in [0.29, 0.717) is 11.6 Å². The number of hydrogen-bond donors (Lipinski definition) is 2. The molecule has 0 radical (unpaired) electrons. The Balaban J connectivity index is 2.82. The van der Waals surface area contributed by atoms with E-state index in [0.717, 1.165) is 0 Å². The number of benzene rings is 1. The molecule has 0 aliphatic rings. The molecule has 0 aliphatic heterocycles. The largest absolute Gasteiger partial charge is 0.481 e. The van der Waals surface area contributed by atoms with Gasteiger partial charge < -0.3 is 10.4 Å². The summed E-state index contributed by atoms with van der Waals surface area (Å²) in [6.45, 7) is 6.13. The van der Waals surface area contributed by atoms with Gasteiger partial charge in [0.15, 0.2) is 0 Å². The fourth-order valence-electron chi connectivity index (χ4n) is 1.60. The van der Waals surface area contributed by atoms with Crippen LogP contribution in [0.4, 0.5) is 10.5 Å². The second-order valence-corrected chi connectivity index (χ2v) is 5.11. The summed E-state index contributed by atoms with van der Waals surface area (Å²) in [6.07, 6.45) is -0.0849. The van der Waals surface area contributed by atoms with Crippen molar-refractivity contribution >= 4 is 17.7 Å². The van der Waals surface area contributed by atoms with Crippen LogP contribution in [0, 0.1) is 5.92 Å². The highest BCUT2D eigenvalue weighted by atomic mass is 16.4. The maximum atomic E-state index is 12.3. The molecular weight excluding hydrogens is 256 g/mol. The predicted molar refractivity (Wildman–Crippen MR) is 78.9 cm³/mol. The van der Waals surface area contributed by atoms with Crippen molar-refractivity contribution in [3.63, 3.8) is 0 Å². The molecule has 0 heterocycles. The van der Waals surface area contributed by atoms with Crippen molar-refractivity contribution in [3.05, 3.63) is 30.3 Å². The fourth-order valence-corrected chi connectivity index (χ4v) is 1.60. The second-order valence-electron chi connectivity index (χ2n) is 5.11. The molecule has 1 unspecified atom stereocenters. The van der Waals surface area contributed by atoms with Crippen molar-refractivity contribution in [1.82, 2.24) is 5.32 Å². The molecule has 1 aromatic rings. The minimum absolute atomic E-state index is 0.0264. The second kappa shape index (κ2) is 7.53. The number of nitrogens with zero attached hydrogens (tertiary/aromatic N) is 1. The number of carboxylic acid groups (broad SMARTS) is 1. The molecule has 2 amide bonds. The maximum Gasteiger partial charge on any atom is 0.322 e. The Labute approximate surface area is 119 Å². The summed E-state index contributed by atoms with van der Waals surface area (Å²) in [5.74, 6) is -0.605. The van der Waals surface area contributed by atoms with Crippen LogP contribution in [0.1, 0.15) is 27.2 Å². The average Bonchev–Trinajstić information content (AvgIpc) is 2.39. The Morgan fingerprint density at radius 2 is 1.80 bits per heavy atom. The lowest BCUT2D eigenvalue weighted by Gasteiger charge is -2.26. The first kappa shape index (κ1) is 16.0. The quantitative estimate of drug-likeness (QED) is 0.840. The molecule has 0 fully saturated rings. The van der Waals surface area contributed by atoms with Crippen LogP contribution in [0.3, 0.4) is 0 Å². The molecule has 1 atom stereocenters. The van der Waals surface area contributed by atoms with E-state index >= 15 is 0 Å². The highest BCUT2D eigenvalue weighted by molar-refractivity contribution is 5.92. The standard InChI is InChI=1S/C15H22N2O3/c1-11(2)12(3)16-15(20)17(10-9-14(18)19)13-7-5-4-6-8-13/h4-8,11-12H,9-10H2,1-3H3,(H,16,20)(H,18,19). The lowest BCUT2D eigenvalue weighted by atomic mass is 10.1. The molecule has 110 valence electrons. The summed E-state index contributed by atoms with van der Waals surface area (Å²) in [6, 6.07) is 8.85. The number of amides is 2. The molecule has 0 aromatic heterocycles. The van der Waals surface area contributed by atoms with Crippen molar-refractivity contribution in [1.29, 1.82) is 0 Å². The zero-order chi connectivity index (χ0) is 15.1. The van der Waals surface area contributed by atoms with E-state index in [-0.39, 0.29) is 25.0 Å². The first-order chi connectivity index (χ1) is 9.41. The molecule has 20 heavy (non-hydrogen) atoms. The van der Waals surface area contributed by atoms with Crippen molar-refractivity contribution in [2.45, 2.75) is 33.2 Å². The maximum absolute atomic E-state index is 12.3. The van der Waals surface area contributed by atoms with Crippen LogP contribution in [0.2, 0.25) is 0 Å². The van der Waals surface area contributed by atoms with Crippen LogP contribution in [-0.2, 0) is 4.79 Å². The fraction of sp³-hybridized carbons (Fsp3) is 0.467. The molecule has 1 rings (SSSR count). The van der Waals surface area contributed by atoms with Gasteiger partial charge in [-0.05, 0) is 25.0 Å². The lowest BCUT2D eigenvalue weighted by Crippen LogP contribution is -2.46. The van der Waals surface area contributed by atoms with E-state index in [4.69, 9.17) is 5.11 Å². The zero-order valence-electron chi connectivity index (χ0n) is 12.2. The molecule has 1 aromatic carbocycles. The summed E-state index contributed by atoms with van der Waals surface area (Å²) >= 11 is 0. The Morgan fingerprint density at radius 3 is 2.30 bits per heavy atom. The van der Waals surface area contributed by atoms with E-state index in [1.165, 1.54) is 4.90 Å². The van der Waals surface area contributed by atoms with Gasteiger partial charge in [-0.25, -0.2) is 4.79 Å². The molecule has 0 spiro atoms.